The standard InChI is InChI=1S/C19H20F2N2O2/c1-25-18-7-6-14(12-17(18)21)13-22-8-10-23(11-9-22)19(24)15-4-2-3-5-16(15)20/h2-7,12H,8-11,13H2,1H3. The molecule has 0 aromatic heterocycles. The number of rotatable bonds is 4. The summed E-state index contributed by atoms with van der Waals surface area (Å²) in [5, 5.41) is 0. The summed E-state index contributed by atoms with van der Waals surface area (Å²) in [6.45, 7) is 2.96. The van der Waals surface area contributed by atoms with Crippen LogP contribution in [0.15, 0.2) is 42.5 Å². The molecule has 3 rings (SSSR count). The van der Waals surface area contributed by atoms with Crippen molar-refractivity contribution >= 4 is 5.91 Å². The number of hydrogen-bond acceptors (Lipinski definition) is 3. The quantitative estimate of drug-likeness (QED) is 0.853. The number of carbonyl (C=O) groups is 1. The molecule has 6 heteroatoms. The van der Waals surface area contributed by atoms with E-state index >= 15 is 0 Å². The zero-order valence-electron chi connectivity index (χ0n) is 14.0. The highest BCUT2D eigenvalue weighted by Crippen LogP contribution is 2.19. The number of amides is 1. The van der Waals surface area contributed by atoms with Gasteiger partial charge >= 0.3 is 0 Å². The van der Waals surface area contributed by atoms with E-state index in [2.05, 4.69) is 4.90 Å². The van der Waals surface area contributed by atoms with Crippen LogP contribution in [0.5, 0.6) is 5.75 Å². The second-order valence-corrected chi connectivity index (χ2v) is 6.02. The first-order chi connectivity index (χ1) is 12.1. The lowest BCUT2D eigenvalue weighted by atomic mass is 10.1. The Morgan fingerprint density at radius 1 is 1.04 bits per heavy atom. The third-order valence-corrected chi connectivity index (χ3v) is 4.39. The minimum absolute atomic E-state index is 0.105. The van der Waals surface area contributed by atoms with E-state index in [1.807, 2.05) is 6.07 Å². The van der Waals surface area contributed by atoms with Crippen molar-refractivity contribution in [3.05, 3.63) is 65.2 Å². The van der Waals surface area contributed by atoms with Gasteiger partial charge in [-0.1, -0.05) is 18.2 Å². The highest BCUT2D eigenvalue weighted by Gasteiger charge is 2.24. The Balaban J connectivity index is 1.58. The van der Waals surface area contributed by atoms with E-state index in [4.69, 9.17) is 4.74 Å². The molecule has 132 valence electrons. The Bertz CT molecular complexity index is 759. The van der Waals surface area contributed by atoms with Gasteiger partial charge in [-0.25, -0.2) is 8.78 Å². The maximum absolute atomic E-state index is 13.8. The lowest BCUT2D eigenvalue weighted by Gasteiger charge is -2.34. The molecule has 0 unspecified atom stereocenters. The summed E-state index contributed by atoms with van der Waals surface area (Å²) >= 11 is 0. The van der Waals surface area contributed by atoms with Gasteiger partial charge in [-0.2, -0.15) is 0 Å². The minimum atomic E-state index is -0.497. The Morgan fingerprint density at radius 3 is 2.40 bits per heavy atom. The maximum Gasteiger partial charge on any atom is 0.256 e. The Kier molecular flexibility index (Phi) is 5.28. The van der Waals surface area contributed by atoms with Crippen molar-refractivity contribution in [2.24, 2.45) is 0 Å². The summed E-state index contributed by atoms with van der Waals surface area (Å²) < 4.78 is 32.4. The normalized spacial score (nSPS) is 15.2. The third-order valence-electron chi connectivity index (χ3n) is 4.39. The topological polar surface area (TPSA) is 32.8 Å². The van der Waals surface area contributed by atoms with Gasteiger partial charge in [0.1, 0.15) is 5.82 Å². The molecule has 2 aromatic carbocycles. The zero-order valence-corrected chi connectivity index (χ0v) is 14.0. The third kappa shape index (κ3) is 3.96. The molecule has 0 spiro atoms. The molecule has 0 saturated carbocycles. The van der Waals surface area contributed by atoms with Crippen LogP contribution in [0.2, 0.25) is 0 Å². The molecule has 1 fully saturated rings. The number of carbonyl (C=O) groups excluding carboxylic acids is 1. The van der Waals surface area contributed by atoms with Gasteiger partial charge < -0.3 is 9.64 Å². The van der Waals surface area contributed by atoms with Gasteiger partial charge in [0.25, 0.3) is 5.91 Å². The molecule has 1 aliphatic heterocycles. The maximum atomic E-state index is 13.8. The summed E-state index contributed by atoms with van der Waals surface area (Å²) in [7, 11) is 1.43. The van der Waals surface area contributed by atoms with E-state index in [0.717, 1.165) is 5.56 Å². The minimum Gasteiger partial charge on any atom is -0.494 e. The zero-order chi connectivity index (χ0) is 17.8. The smallest absolute Gasteiger partial charge is 0.256 e. The molecule has 1 amide bonds. The van der Waals surface area contributed by atoms with E-state index < -0.39 is 5.82 Å². The van der Waals surface area contributed by atoms with Crippen LogP contribution in [0.25, 0.3) is 0 Å². The highest BCUT2D eigenvalue weighted by molar-refractivity contribution is 5.94. The molecule has 0 atom stereocenters. The Hall–Kier alpha value is -2.47. The van der Waals surface area contributed by atoms with Crippen LogP contribution < -0.4 is 4.74 Å². The van der Waals surface area contributed by atoms with Gasteiger partial charge in [0, 0.05) is 32.7 Å². The molecule has 0 radical (unpaired) electrons. The fourth-order valence-electron chi connectivity index (χ4n) is 2.98. The molecule has 0 N–H and O–H groups in total. The number of methoxy groups -OCH3 is 1. The van der Waals surface area contributed by atoms with E-state index in [1.54, 1.807) is 23.1 Å². The van der Waals surface area contributed by atoms with Crippen LogP contribution in [0.4, 0.5) is 8.78 Å². The van der Waals surface area contributed by atoms with Crippen LogP contribution in [0.3, 0.4) is 0 Å². The lowest BCUT2D eigenvalue weighted by Crippen LogP contribution is -2.48. The van der Waals surface area contributed by atoms with Crippen molar-refractivity contribution in [1.82, 2.24) is 9.80 Å². The summed E-state index contributed by atoms with van der Waals surface area (Å²) in [4.78, 5) is 16.2. The van der Waals surface area contributed by atoms with Crippen LogP contribution in [0, 0.1) is 11.6 Å². The molecule has 0 bridgehead atoms. The second-order valence-electron chi connectivity index (χ2n) is 6.02. The monoisotopic (exact) mass is 346 g/mol. The van der Waals surface area contributed by atoms with Gasteiger partial charge in [-0.15, -0.1) is 0 Å². The molecule has 2 aromatic rings. The average Bonchev–Trinajstić information content (AvgIpc) is 2.62. The summed E-state index contributed by atoms with van der Waals surface area (Å²) in [6, 6.07) is 10.9. The van der Waals surface area contributed by atoms with Gasteiger partial charge in [0.2, 0.25) is 0 Å². The highest BCUT2D eigenvalue weighted by atomic mass is 19.1. The van der Waals surface area contributed by atoms with Crippen LogP contribution >= 0.6 is 0 Å². The van der Waals surface area contributed by atoms with Crippen LogP contribution in [-0.4, -0.2) is 49.0 Å². The van der Waals surface area contributed by atoms with Gasteiger partial charge in [0.05, 0.1) is 12.7 Å². The fraction of sp³-hybridized carbons (Fsp3) is 0.316. The predicted molar refractivity (Wildman–Crippen MR) is 90.5 cm³/mol. The number of hydrogen-bond donors (Lipinski definition) is 0. The number of benzene rings is 2. The lowest BCUT2D eigenvalue weighted by molar-refractivity contribution is 0.0624. The van der Waals surface area contributed by atoms with Crippen molar-refractivity contribution in [3.8, 4) is 5.75 Å². The first-order valence-corrected chi connectivity index (χ1v) is 8.17. The largest absolute Gasteiger partial charge is 0.494 e. The summed E-state index contributed by atoms with van der Waals surface area (Å²) in [6.07, 6.45) is 0. The van der Waals surface area contributed by atoms with E-state index in [0.29, 0.717) is 32.7 Å². The van der Waals surface area contributed by atoms with Crippen LogP contribution in [-0.2, 0) is 6.54 Å². The predicted octanol–water partition coefficient (Wildman–Crippen LogP) is 2.93. The molecule has 1 saturated heterocycles. The fourth-order valence-corrected chi connectivity index (χ4v) is 2.98. The summed E-state index contributed by atoms with van der Waals surface area (Å²) in [5.74, 6) is -0.936. The average molecular weight is 346 g/mol. The van der Waals surface area contributed by atoms with E-state index in [-0.39, 0.29) is 23.0 Å². The van der Waals surface area contributed by atoms with Crippen molar-refractivity contribution in [1.29, 1.82) is 0 Å². The number of ether oxygens (including phenoxy) is 1. The second kappa shape index (κ2) is 7.61. The van der Waals surface area contributed by atoms with Gasteiger partial charge in [0.15, 0.2) is 11.6 Å². The van der Waals surface area contributed by atoms with Gasteiger partial charge in [-0.05, 0) is 29.8 Å². The van der Waals surface area contributed by atoms with Crippen molar-refractivity contribution in [2.75, 3.05) is 33.3 Å². The summed E-state index contributed by atoms with van der Waals surface area (Å²) in [5.41, 5.74) is 0.959. The molecule has 0 aliphatic carbocycles. The molecular formula is C19H20F2N2O2. The van der Waals surface area contributed by atoms with Crippen molar-refractivity contribution in [2.45, 2.75) is 6.54 Å². The molecule has 4 nitrogen and oxygen atoms in total. The Labute approximate surface area is 145 Å². The number of nitrogens with zero attached hydrogens (tertiary/aromatic N) is 2. The first kappa shape index (κ1) is 17.4. The number of piperazine rings is 1. The molecule has 25 heavy (non-hydrogen) atoms. The van der Waals surface area contributed by atoms with Crippen molar-refractivity contribution < 1.29 is 18.3 Å². The Morgan fingerprint density at radius 2 is 1.76 bits per heavy atom. The SMILES string of the molecule is COc1ccc(CN2CCN(C(=O)c3ccccc3F)CC2)cc1F. The molecule has 1 heterocycles. The molecule has 1 aliphatic rings. The van der Waals surface area contributed by atoms with Crippen LogP contribution in [0.1, 0.15) is 15.9 Å². The van der Waals surface area contributed by atoms with E-state index in [1.165, 1.54) is 25.3 Å². The van der Waals surface area contributed by atoms with Crippen molar-refractivity contribution in [3.63, 3.8) is 0 Å². The van der Waals surface area contributed by atoms with E-state index in [9.17, 15) is 13.6 Å². The molecular weight excluding hydrogens is 326 g/mol. The first-order valence-electron chi connectivity index (χ1n) is 8.17. The number of halogens is 2. The van der Waals surface area contributed by atoms with Gasteiger partial charge in [-0.3, -0.25) is 9.69 Å².